The third-order valence-electron chi connectivity index (χ3n) is 1.86. The fourth-order valence-electron chi connectivity index (χ4n) is 1.15. The van der Waals surface area contributed by atoms with Crippen LogP contribution in [0.15, 0.2) is 24.7 Å². The molecule has 0 aromatic carbocycles. The van der Waals surface area contributed by atoms with Gasteiger partial charge >= 0.3 is 0 Å². The minimum atomic E-state index is 0.225. The fourth-order valence-corrected chi connectivity index (χ4v) is 1.30. The van der Waals surface area contributed by atoms with Gasteiger partial charge in [0.05, 0.1) is 11.9 Å². The standard InChI is InChI=1S/C9H10ClN5/c1-2-15-6-7(5-12-15)13-8-3-4-11-9(10)14-8/h3-6H,2H2,1H3,(H,11,13,14). The zero-order valence-electron chi connectivity index (χ0n) is 8.18. The summed E-state index contributed by atoms with van der Waals surface area (Å²) in [7, 11) is 0. The SMILES string of the molecule is CCn1cc(Nc2ccnc(Cl)n2)cn1. The van der Waals surface area contributed by atoms with Crippen LogP contribution in [0.4, 0.5) is 11.5 Å². The second-order valence-electron chi connectivity index (χ2n) is 2.92. The molecule has 1 N–H and O–H groups in total. The second kappa shape index (κ2) is 4.27. The molecule has 2 aromatic heterocycles. The van der Waals surface area contributed by atoms with Gasteiger partial charge in [-0.3, -0.25) is 4.68 Å². The van der Waals surface area contributed by atoms with Gasteiger partial charge in [-0.1, -0.05) is 0 Å². The molecule has 0 amide bonds. The Balaban J connectivity index is 2.14. The van der Waals surface area contributed by atoms with Gasteiger partial charge in [0, 0.05) is 18.9 Å². The lowest BCUT2D eigenvalue weighted by Crippen LogP contribution is -1.94. The maximum Gasteiger partial charge on any atom is 0.224 e. The Morgan fingerprint density at radius 1 is 1.53 bits per heavy atom. The van der Waals surface area contributed by atoms with Gasteiger partial charge in [-0.05, 0) is 24.6 Å². The van der Waals surface area contributed by atoms with E-state index in [9.17, 15) is 0 Å². The van der Waals surface area contributed by atoms with E-state index < -0.39 is 0 Å². The van der Waals surface area contributed by atoms with E-state index in [1.807, 2.05) is 17.8 Å². The highest BCUT2D eigenvalue weighted by Gasteiger charge is 1.99. The van der Waals surface area contributed by atoms with E-state index in [4.69, 9.17) is 11.6 Å². The lowest BCUT2D eigenvalue weighted by Gasteiger charge is -2.01. The first kappa shape index (κ1) is 9.92. The normalized spacial score (nSPS) is 10.3. The summed E-state index contributed by atoms with van der Waals surface area (Å²) in [4.78, 5) is 7.81. The third-order valence-corrected chi connectivity index (χ3v) is 2.04. The van der Waals surface area contributed by atoms with Gasteiger partial charge in [-0.25, -0.2) is 9.97 Å². The quantitative estimate of drug-likeness (QED) is 0.810. The lowest BCUT2D eigenvalue weighted by atomic mass is 10.5. The van der Waals surface area contributed by atoms with Gasteiger partial charge in [0.2, 0.25) is 5.28 Å². The number of anilines is 2. The number of aromatic nitrogens is 4. The highest BCUT2D eigenvalue weighted by Crippen LogP contribution is 2.13. The van der Waals surface area contributed by atoms with Crippen molar-refractivity contribution in [1.29, 1.82) is 0 Å². The van der Waals surface area contributed by atoms with Gasteiger partial charge in [0.1, 0.15) is 5.82 Å². The molecule has 78 valence electrons. The van der Waals surface area contributed by atoms with Crippen LogP contribution < -0.4 is 5.32 Å². The summed E-state index contributed by atoms with van der Waals surface area (Å²) in [6.45, 7) is 2.87. The summed E-state index contributed by atoms with van der Waals surface area (Å²) in [6, 6.07) is 1.75. The third kappa shape index (κ3) is 2.44. The predicted octanol–water partition coefficient (Wildman–Crippen LogP) is 2.09. The van der Waals surface area contributed by atoms with Crippen molar-refractivity contribution in [2.45, 2.75) is 13.5 Å². The summed E-state index contributed by atoms with van der Waals surface area (Å²) >= 11 is 5.66. The lowest BCUT2D eigenvalue weighted by molar-refractivity contribution is 0.660. The second-order valence-corrected chi connectivity index (χ2v) is 3.26. The van der Waals surface area contributed by atoms with Crippen molar-refractivity contribution >= 4 is 23.1 Å². The Morgan fingerprint density at radius 2 is 2.40 bits per heavy atom. The van der Waals surface area contributed by atoms with Crippen LogP contribution in [-0.4, -0.2) is 19.7 Å². The van der Waals surface area contributed by atoms with E-state index in [-0.39, 0.29) is 5.28 Å². The average molecular weight is 224 g/mol. The van der Waals surface area contributed by atoms with Crippen molar-refractivity contribution in [1.82, 2.24) is 19.7 Å². The molecule has 15 heavy (non-hydrogen) atoms. The minimum Gasteiger partial charge on any atom is -0.338 e. The molecule has 0 aliphatic rings. The highest BCUT2D eigenvalue weighted by molar-refractivity contribution is 6.28. The maximum atomic E-state index is 5.66. The van der Waals surface area contributed by atoms with E-state index in [0.29, 0.717) is 5.82 Å². The zero-order chi connectivity index (χ0) is 10.7. The molecule has 0 saturated carbocycles. The van der Waals surface area contributed by atoms with Crippen LogP contribution in [0.3, 0.4) is 0 Å². The molecular formula is C9H10ClN5. The first-order valence-corrected chi connectivity index (χ1v) is 4.94. The van der Waals surface area contributed by atoms with Crippen molar-refractivity contribution < 1.29 is 0 Å². The molecule has 0 unspecified atom stereocenters. The van der Waals surface area contributed by atoms with E-state index >= 15 is 0 Å². The van der Waals surface area contributed by atoms with Crippen molar-refractivity contribution in [3.05, 3.63) is 29.9 Å². The molecule has 0 radical (unpaired) electrons. The summed E-state index contributed by atoms with van der Waals surface area (Å²) in [6.07, 6.45) is 5.23. The number of nitrogens with zero attached hydrogens (tertiary/aromatic N) is 4. The Morgan fingerprint density at radius 3 is 3.07 bits per heavy atom. The molecular weight excluding hydrogens is 214 g/mol. The predicted molar refractivity (Wildman–Crippen MR) is 58.2 cm³/mol. The molecule has 2 heterocycles. The van der Waals surface area contributed by atoms with Crippen LogP contribution in [-0.2, 0) is 6.54 Å². The van der Waals surface area contributed by atoms with E-state index in [2.05, 4.69) is 20.4 Å². The summed E-state index contributed by atoms with van der Waals surface area (Å²) in [5.41, 5.74) is 0.881. The van der Waals surface area contributed by atoms with Crippen molar-refractivity contribution in [2.24, 2.45) is 0 Å². The van der Waals surface area contributed by atoms with E-state index in [1.165, 1.54) is 0 Å². The van der Waals surface area contributed by atoms with Crippen LogP contribution >= 0.6 is 11.6 Å². The first-order chi connectivity index (χ1) is 7.28. The Labute approximate surface area is 92.1 Å². The molecule has 2 aromatic rings. The molecule has 0 aliphatic carbocycles. The topological polar surface area (TPSA) is 55.6 Å². The van der Waals surface area contributed by atoms with Crippen LogP contribution in [0.2, 0.25) is 5.28 Å². The van der Waals surface area contributed by atoms with Crippen molar-refractivity contribution in [3.8, 4) is 0 Å². The fraction of sp³-hybridized carbons (Fsp3) is 0.222. The Kier molecular flexibility index (Phi) is 2.82. The molecule has 0 bridgehead atoms. The molecule has 5 nitrogen and oxygen atoms in total. The largest absolute Gasteiger partial charge is 0.338 e. The van der Waals surface area contributed by atoms with Crippen LogP contribution in [0, 0.1) is 0 Å². The molecule has 0 saturated heterocycles. The summed E-state index contributed by atoms with van der Waals surface area (Å²) < 4.78 is 1.82. The highest BCUT2D eigenvalue weighted by atomic mass is 35.5. The van der Waals surface area contributed by atoms with E-state index in [0.717, 1.165) is 12.2 Å². The van der Waals surface area contributed by atoms with Gasteiger partial charge in [-0.2, -0.15) is 5.10 Å². The molecule has 0 atom stereocenters. The average Bonchev–Trinajstić information content (AvgIpc) is 2.65. The minimum absolute atomic E-state index is 0.225. The molecule has 2 rings (SSSR count). The van der Waals surface area contributed by atoms with Crippen LogP contribution in [0.5, 0.6) is 0 Å². The Hall–Kier alpha value is -1.62. The molecule has 0 spiro atoms. The van der Waals surface area contributed by atoms with E-state index in [1.54, 1.807) is 18.5 Å². The number of halogens is 1. The zero-order valence-corrected chi connectivity index (χ0v) is 8.94. The first-order valence-electron chi connectivity index (χ1n) is 4.56. The number of nitrogens with one attached hydrogen (secondary N) is 1. The van der Waals surface area contributed by atoms with Crippen molar-refractivity contribution in [3.63, 3.8) is 0 Å². The molecule has 0 aliphatic heterocycles. The monoisotopic (exact) mass is 223 g/mol. The van der Waals surface area contributed by atoms with Gasteiger partial charge in [-0.15, -0.1) is 0 Å². The maximum absolute atomic E-state index is 5.66. The van der Waals surface area contributed by atoms with Gasteiger partial charge in [0.25, 0.3) is 0 Å². The molecule has 6 heteroatoms. The number of rotatable bonds is 3. The van der Waals surface area contributed by atoms with Gasteiger partial charge in [0.15, 0.2) is 0 Å². The molecule has 0 fully saturated rings. The number of hydrogen-bond acceptors (Lipinski definition) is 4. The van der Waals surface area contributed by atoms with Crippen LogP contribution in [0.25, 0.3) is 0 Å². The Bertz CT molecular complexity index is 453. The summed E-state index contributed by atoms with van der Waals surface area (Å²) in [5.74, 6) is 0.658. The van der Waals surface area contributed by atoms with Crippen molar-refractivity contribution in [2.75, 3.05) is 5.32 Å². The smallest absolute Gasteiger partial charge is 0.224 e. The van der Waals surface area contributed by atoms with Gasteiger partial charge < -0.3 is 5.32 Å². The number of aryl methyl sites for hydroxylation is 1. The summed E-state index contributed by atoms with van der Waals surface area (Å²) in [5, 5.41) is 7.44. The number of hydrogen-bond donors (Lipinski definition) is 1. The van der Waals surface area contributed by atoms with Crippen LogP contribution in [0.1, 0.15) is 6.92 Å².